The Morgan fingerprint density at radius 1 is 0.879 bits per heavy atom. The van der Waals surface area contributed by atoms with Gasteiger partial charge in [0.1, 0.15) is 5.75 Å². The van der Waals surface area contributed by atoms with Crippen LogP contribution in [0.4, 0.5) is 0 Å². The molecule has 1 heterocycles. The molecule has 0 spiro atoms. The second-order valence-electron chi connectivity index (χ2n) is 8.21. The van der Waals surface area contributed by atoms with Crippen LogP contribution in [0.25, 0.3) is 11.1 Å². The van der Waals surface area contributed by atoms with Gasteiger partial charge in [-0.15, -0.1) is 0 Å². The Balaban J connectivity index is 1.50. The number of ketones is 2. The quantitative estimate of drug-likeness (QED) is 0.352. The monoisotopic (exact) mass is 438 g/mol. The van der Waals surface area contributed by atoms with Crippen molar-refractivity contribution in [2.45, 2.75) is 19.8 Å². The van der Waals surface area contributed by atoms with Gasteiger partial charge in [0.25, 0.3) is 0 Å². The van der Waals surface area contributed by atoms with Gasteiger partial charge in [-0.1, -0.05) is 54.1 Å². The van der Waals surface area contributed by atoms with E-state index in [4.69, 9.17) is 4.74 Å². The smallest absolute Gasteiger partial charge is 0.170 e. The minimum Gasteiger partial charge on any atom is -0.496 e. The number of aryl methyl sites for hydroxylation is 2. The van der Waals surface area contributed by atoms with Crippen molar-refractivity contribution in [2.75, 3.05) is 7.11 Å². The highest BCUT2D eigenvalue weighted by Gasteiger charge is 2.15. The molecule has 5 nitrogen and oxygen atoms in total. The van der Waals surface area contributed by atoms with E-state index in [9.17, 15) is 9.59 Å². The predicted octanol–water partition coefficient (Wildman–Crippen LogP) is 5.25. The summed E-state index contributed by atoms with van der Waals surface area (Å²) in [7, 11) is 3.43. The minimum atomic E-state index is -0.0354. The Hall–Kier alpha value is -3.99. The molecule has 166 valence electrons. The molecule has 0 N–H and O–H groups in total. The van der Waals surface area contributed by atoms with Crippen molar-refractivity contribution < 1.29 is 14.3 Å². The normalized spacial score (nSPS) is 10.8. The van der Waals surface area contributed by atoms with Gasteiger partial charge in [-0.05, 0) is 41.8 Å². The lowest BCUT2D eigenvalue weighted by Crippen LogP contribution is -2.07. The fourth-order valence-electron chi connectivity index (χ4n) is 3.91. The Morgan fingerprint density at radius 2 is 1.61 bits per heavy atom. The SMILES string of the molecule is COc1cc(-c2cnn(C)c2)ccc1C(=O)Cc1cccc(CC(=O)c2cccc(C)c2)c1. The molecule has 4 aromatic rings. The van der Waals surface area contributed by atoms with Crippen LogP contribution in [0.2, 0.25) is 0 Å². The average Bonchev–Trinajstić information content (AvgIpc) is 3.25. The van der Waals surface area contributed by atoms with E-state index in [0.717, 1.165) is 27.8 Å². The number of benzene rings is 3. The van der Waals surface area contributed by atoms with Crippen molar-refractivity contribution in [3.05, 3.63) is 107 Å². The van der Waals surface area contributed by atoms with Gasteiger partial charge in [0, 0.05) is 37.2 Å². The van der Waals surface area contributed by atoms with Crippen LogP contribution in [0.1, 0.15) is 37.4 Å². The predicted molar refractivity (Wildman–Crippen MR) is 129 cm³/mol. The van der Waals surface area contributed by atoms with Gasteiger partial charge in [-0.3, -0.25) is 14.3 Å². The zero-order chi connectivity index (χ0) is 23.4. The molecule has 1 aromatic heterocycles. The Labute approximate surface area is 193 Å². The van der Waals surface area contributed by atoms with Crippen LogP contribution in [-0.4, -0.2) is 28.5 Å². The third kappa shape index (κ3) is 5.26. The first-order chi connectivity index (χ1) is 15.9. The van der Waals surface area contributed by atoms with Gasteiger partial charge >= 0.3 is 0 Å². The molecule has 4 rings (SSSR count). The van der Waals surface area contributed by atoms with E-state index in [1.54, 1.807) is 24.1 Å². The zero-order valence-corrected chi connectivity index (χ0v) is 19.0. The summed E-state index contributed by atoms with van der Waals surface area (Å²) in [6, 6.07) is 20.8. The maximum Gasteiger partial charge on any atom is 0.170 e. The zero-order valence-electron chi connectivity index (χ0n) is 19.0. The van der Waals surface area contributed by atoms with Crippen LogP contribution < -0.4 is 4.74 Å². The molecule has 3 aromatic carbocycles. The molecule has 0 radical (unpaired) electrons. The lowest BCUT2D eigenvalue weighted by Gasteiger charge is -2.10. The molecule has 0 saturated carbocycles. The lowest BCUT2D eigenvalue weighted by atomic mass is 9.96. The summed E-state index contributed by atoms with van der Waals surface area (Å²) in [5, 5.41) is 4.20. The summed E-state index contributed by atoms with van der Waals surface area (Å²) < 4.78 is 7.25. The Kier molecular flexibility index (Phi) is 6.50. The van der Waals surface area contributed by atoms with Gasteiger partial charge in [-0.2, -0.15) is 5.10 Å². The number of hydrogen-bond acceptors (Lipinski definition) is 4. The topological polar surface area (TPSA) is 61.2 Å². The summed E-state index contributed by atoms with van der Waals surface area (Å²) in [6.45, 7) is 1.97. The lowest BCUT2D eigenvalue weighted by molar-refractivity contribution is 0.0984. The molecule has 0 unspecified atom stereocenters. The number of carbonyl (C=O) groups excluding carboxylic acids is 2. The second-order valence-corrected chi connectivity index (χ2v) is 8.21. The van der Waals surface area contributed by atoms with Crippen LogP contribution >= 0.6 is 0 Å². The van der Waals surface area contributed by atoms with E-state index >= 15 is 0 Å². The van der Waals surface area contributed by atoms with Crippen molar-refractivity contribution in [3.8, 4) is 16.9 Å². The Morgan fingerprint density at radius 3 is 2.27 bits per heavy atom. The molecule has 0 aliphatic carbocycles. The van der Waals surface area contributed by atoms with Crippen molar-refractivity contribution >= 4 is 11.6 Å². The third-order valence-corrected chi connectivity index (χ3v) is 5.60. The van der Waals surface area contributed by atoms with Crippen LogP contribution in [0.5, 0.6) is 5.75 Å². The van der Waals surface area contributed by atoms with Crippen molar-refractivity contribution in [1.82, 2.24) is 9.78 Å². The van der Waals surface area contributed by atoms with Gasteiger partial charge in [0.05, 0.1) is 18.9 Å². The summed E-state index contributed by atoms with van der Waals surface area (Å²) in [5.41, 5.74) is 5.96. The third-order valence-electron chi connectivity index (χ3n) is 5.60. The number of rotatable bonds is 8. The summed E-state index contributed by atoms with van der Waals surface area (Å²) in [4.78, 5) is 25.7. The number of carbonyl (C=O) groups is 2. The van der Waals surface area contributed by atoms with Crippen molar-refractivity contribution in [1.29, 1.82) is 0 Å². The second kappa shape index (κ2) is 9.65. The number of ether oxygens (including phenoxy) is 1. The summed E-state index contributed by atoms with van der Waals surface area (Å²) in [5.74, 6) is 0.564. The van der Waals surface area contributed by atoms with Crippen LogP contribution in [0.15, 0.2) is 79.1 Å². The van der Waals surface area contributed by atoms with Crippen LogP contribution in [0.3, 0.4) is 0 Å². The summed E-state index contributed by atoms with van der Waals surface area (Å²) in [6.07, 6.45) is 4.23. The molecular weight excluding hydrogens is 412 g/mol. The first-order valence-electron chi connectivity index (χ1n) is 10.8. The molecule has 0 saturated heterocycles. The van der Waals surface area contributed by atoms with Crippen LogP contribution in [0, 0.1) is 6.92 Å². The maximum absolute atomic E-state index is 13.1. The fraction of sp³-hybridized carbons (Fsp3) is 0.179. The molecule has 0 aliphatic rings. The first kappa shape index (κ1) is 22.2. The van der Waals surface area contributed by atoms with Crippen molar-refractivity contribution in [2.24, 2.45) is 7.05 Å². The Bertz CT molecular complexity index is 1320. The van der Waals surface area contributed by atoms with E-state index in [1.165, 1.54) is 0 Å². The molecular formula is C28H26N2O3. The van der Waals surface area contributed by atoms with E-state index < -0.39 is 0 Å². The molecule has 33 heavy (non-hydrogen) atoms. The molecule has 0 atom stereocenters. The van der Waals surface area contributed by atoms with E-state index in [2.05, 4.69) is 5.10 Å². The van der Waals surface area contributed by atoms with Gasteiger partial charge < -0.3 is 4.74 Å². The van der Waals surface area contributed by atoms with E-state index in [0.29, 0.717) is 23.3 Å². The van der Waals surface area contributed by atoms with E-state index in [-0.39, 0.29) is 18.0 Å². The average molecular weight is 439 g/mol. The highest BCUT2D eigenvalue weighted by Crippen LogP contribution is 2.28. The van der Waals surface area contributed by atoms with Gasteiger partial charge in [0.2, 0.25) is 0 Å². The number of aromatic nitrogens is 2. The minimum absolute atomic E-state index is 0.0354. The standard InChI is InChI=1S/C28H26N2O3/c1-19-6-4-9-23(12-19)26(31)14-20-7-5-8-21(13-20)15-27(32)25-11-10-22(16-28(25)33-3)24-17-29-30(2)18-24/h4-13,16-18H,14-15H2,1-3H3. The summed E-state index contributed by atoms with van der Waals surface area (Å²) >= 11 is 0. The van der Waals surface area contributed by atoms with E-state index in [1.807, 2.05) is 80.8 Å². The number of Topliss-reactive ketones (excluding diaryl/α,β-unsaturated/α-hetero) is 2. The molecule has 0 bridgehead atoms. The van der Waals surface area contributed by atoms with Crippen LogP contribution in [-0.2, 0) is 19.9 Å². The molecule has 5 heteroatoms. The number of nitrogens with zero attached hydrogens (tertiary/aromatic N) is 2. The van der Waals surface area contributed by atoms with Crippen molar-refractivity contribution in [3.63, 3.8) is 0 Å². The number of methoxy groups -OCH3 is 1. The molecule has 0 aliphatic heterocycles. The highest BCUT2D eigenvalue weighted by atomic mass is 16.5. The van der Waals surface area contributed by atoms with Gasteiger partial charge in [-0.25, -0.2) is 0 Å². The first-order valence-corrected chi connectivity index (χ1v) is 10.8. The molecule has 0 fully saturated rings. The fourth-order valence-corrected chi connectivity index (χ4v) is 3.91. The highest BCUT2D eigenvalue weighted by molar-refractivity contribution is 6.01. The largest absolute Gasteiger partial charge is 0.496 e. The van der Waals surface area contributed by atoms with Gasteiger partial charge in [0.15, 0.2) is 11.6 Å². The number of hydrogen-bond donors (Lipinski definition) is 0. The maximum atomic E-state index is 13.1. The molecule has 0 amide bonds.